The number of halogens is 2. The fourth-order valence-corrected chi connectivity index (χ4v) is 2.11. The zero-order valence-electron chi connectivity index (χ0n) is 7.81. The van der Waals surface area contributed by atoms with Crippen LogP contribution in [0.2, 0.25) is 5.15 Å². The van der Waals surface area contributed by atoms with Crippen molar-refractivity contribution in [1.29, 1.82) is 0 Å². The first kappa shape index (κ1) is 9.93. The topological polar surface area (TPSA) is 41.6 Å². The molecule has 0 spiro atoms. The molecule has 0 amide bonds. The molecule has 2 heterocycles. The minimum atomic E-state index is 0.277. The normalized spacial score (nSPS) is 11.5. The summed E-state index contributed by atoms with van der Waals surface area (Å²) in [5, 5.41) is 1.34. The summed E-state index contributed by atoms with van der Waals surface area (Å²) in [5.74, 6) is 1.04. The summed E-state index contributed by atoms with van der Waals surface area (Å²) in [7, 11) is 0. The lowest BCUT2D eigenvalue weighted by atomic mass is 10.2. The summed E-state index contributed by atoms with van der Waals surface area (Å²) < 4.78 is 0.896. The van der Waals surface area contributed by atoms with Gasteiger partial charge >= 0.3 is 0 Å². The van der Waals surface area contributed by atoms with Crippen LogP contribution in [0.3, 0.4) is 0 Å². The molecule has 74 valence electrons. The Labute approximate surface area is 95.0 Å². The van der Waals surface area contributed by atoms with Gasteiger partial charge in [0.25, 0.3) is 0 Å². The van der Waals surface area contributed by atoms with Crippen molar-refractivity contribution in [2.75, 3.05) is 0 Å². The van der Waals surface area contributed by atoms with Crippen molar-refractivity contribution in [1.82, 2.24) is 15.0 Å². The molecule has 0 saturated heterocycles. The van der Waals surface area contributed by atoms with Gasteiger partial charge in [-0.25, -0.2) is 9.97 Å². The number of H-pyrrole nitrogens is 1. The van der Waals surface area contributed by atoms with E-state index in [1.165, 1.54) is 0 Å². The number of rotatable bonds is 1. The summed E-state index contributed by atoms with van der Waals surface area (Å²) in [6.45, 7) is 4.07. The first-order chi connectivity index (χ1) is 6.59. The van der Waals surface area contributed by atoms with Gasteiger partial charge in [0.1, 0.15) is 16.6 Å². The van der Waals surface area contributed by atoms with Gasteiger partial charge in [0, 0.05) is 16.6 Å². The van der Waals surface area contributed by atoms with E-state index in [1.54, 1.807) is 0 Å². The highest BCUT2D eigenvalue weighted by molar-refractivity contribution is 9.10. The molecule has 14 heavy (non-hydrogen) atoms. The minimum Gasteiger partial charge on any atom is -0.345 e. The van der Waals surface area contributed by atoms with Crippen LogP contribution in [-0.2, 0) is 0 Å². The van der Waals surface area contributed by atoms with Crippen molar-refractivity contribution in [3.05, 3.63) is 21.6 Å². The number of nitrogens with one attached hydrogen (secondary N) is 1. The maximum atomic E-state index is 6.05. The average molecular weight is 275 g/mol. The van der Waals surface area contributed by atoms with E-state index < -0.39 is 0 Å². The van der Waals surface area contributed by atoms with Gasteiger partial charge in [-0.1, -0.05) is 25.4 Å². The Hall–Kier alpha value is -0.610. The molecule has 0 aliphatic rings. The molecule has 5 heteroatoms. The number of hydrogen-bond donors (Lipinski definition) is 1. The first-order valence-corrected chi connectivity index (χ1v) is 5.46. The quantitative estimate of drug-likeness (QED) is 0.809. The largest absolute Gasteiger partial charge is 0.345 e. The molecule has 0 aromatic carbocycles. The van der Waals surface area contributed by atoms with E-state index in [0.717, 1.165) is 21.3 Å². The van der Waals surface area contributed by atoms with E-state index in [9.17, 15) is 0 Å². The van der Waals surface area contributed by atoms with Gasteiger partial charge < -0.3 is 4.98 Å². The van der Waals surface area contributed by atoms with Crippen LogP contribution in [0.4, 0.5) is 0 Å². The Morgan fingerprint density at radius 2 is 2.14 bits per heavy atom. The summed E-state index contributed by atoms with van der Waals surface area (Å²) in [4.78, 5) is 11.7. The summed E-state index contributed by atoms with van der Waals surface area (Å²) in [6.07, 6.45) is 1.81. The molecule has 3 nitrogen and oxygen atoms in total. The third kappa shape index (κ3) is 1.53. The van der Waals surface area contributed by atoms with Gasteiger partial charge in [0.05, 0.1) is 5.39 Å². The molecular formula is C9H9BrClN3. The number of fused-ring (bicyclic) bond motifs is 1. The zero-order chi connectivity index (χ0) is 10.3. The van der Waals surface area contributed by atoms with Gasteiger partial charge in [0.15, 0.2) is 0 Å². The van der Waals surface area contributed by atoms with Crippen LogP contribution in [0, 0.1) is 0 Å². The van der Waals surface area contributed by atoms with Crippen molar-refractivity contribution < 1.29 is 0 Å². The molecule has 0 radical (unpaired) electrons. The molecule has 0 fully saturated rings. The number of nitrogens with zero attached hydrogens (tertiary/aromatic N) is 2. The summed E-state index contributed by atoms with van der Waals surface area (Å²) in [5.41, 5.74) is 0.778. The second-order valence-electron chi connectivity index (χ2n) is 3.39. The van der Waals surface area contributed by atoms with Gasteiger partial charge in [-0.3, -0.25) is 0 Å². The Balaban J connectivity index is 2.74. The van der Waals surface area contributed by atoms with Gasteiger partial charge in [-0.2, -0.15) is 0 Å². The van der Waals surface area contributed by atoms with Crippen LogP contribution in [0.25, 0.3) is 11.0 Å². The third-order valence-corrected chi connectivity index (χ3v) is 2.87. The average Bonchev–Trinajstić information content (AvgIpc) is 2.48. The first-order valence-electron chi connectivity index (χ1n) is 4.29. The van der Waals surface area contributed by atoms with E-state index in [2.05, 4.69) is 30.9 Å². The van der Waals surface area contributed by atoms with E-state index in [4.69, 9.17) is 11.6 Å². The molecule has 2 aromatic heterocycles. The Bertz CT molecular complexity index is 478. The molecular weight excluding hydrogens is 265 g/mol. The highest BCUT2D eigenvalue weighted by Crippen LogP contribution is 2.29. The Morgan fingerprint density at radius 1 is 1.43 bits per heavy atom. The van der Waals surface area contributed by atoms with Crippen LogP contribution in [0.15, 0.2) is 10.7 Å². The van der Waals surface area contributed by atoms with Gasteiger partial charge in [-0.15, -0.1) is 0 Å². The highest BCUT2D eigenvalue weighted by Gasteiger charge is 2.12. The standard InChI is InChI=1S/C9H9BrClN3/c1-4(2)8-13-7(11)6-5(10)3-12-9(6)14-8/h3-4H,1-2H3,(H,12,13,14). The molecule has 0 bridgehead atoms. The molecule has 0 unspecified atom stereocenters. The molecule has 2 rings (SSSR count). The van der Waals surface area contributed by atoms with Crippen molar-refractivity contribution in [3.63, 3.8) is 0 Å². The monoisotopic (exact) mass is 273 g/mol. The number of aromatic amines is 1. The fraction of sp³-hybridized carbons (Fsp3) is 0.333. The number of hydrogen-bond acceptors (Lipinski definition) is 2. The zero-order valence-corrected chi connectivity index (χ0v) is 10.1. The lowest BCUT2D eigenvalue weighted by Gasteiger charge is -2.03. The van der Waals surface area contributed by atoms with Crippen molar-refractivity contribution in [2.45, 2.75) is 19.8 Å². The van der Waals surface area contributed by atoms with Crippen LogP contribution >= 0.6 is 27.5 Å². The summed E-state index contributed by atoms with van der Waals surface area (Å²) >= 11 is 9.44. The van der Waals surface area contributed by atoms with Gasteiger partial charge in [0.2, 0.25) is 0 Å². The second-order valence-corrected chi connectivity index (χ2v) is 4.60. The van der Waals surface area contributed by atoms with Crippen molar-refractivity contribution in [2.24, 2.45) is 0 Å². The molecule has 0 atom stereocenters. The van der Waals surface area contributed by atoms with Crippen molar-refractivity contribution in [3.8, 4) is 0 Å². The molecule has 0 aliphatic carbocycles. The van der Waals surface area contributed by atoms with E-state index in [0.29, 0.717) is 5.15 Å². The predicted octanol–water partition coefficient (Wildman–Crippen LogP) is 3.50. The smallest absolute Gasteiger partial charge is 0.143 e. The lowest BCUT2D eigenvalue weighted by Crippen LogP contribution is -1.97. The summed E-state index contributed by atoms with van der Waals surface area (Å²) in [6, 6.07) is 0. The highest BCUT2D eigenvalue weighted by atomic mass is 79.9. The van der Waals surface area contributed by atoms with Crippen LogP contribution < -0.4 is 0 Å². The van der Waals surface area contributed by atoms with Crippen LogP contribution in [0.1, 0.15) is 25.6 Å². The molecule has 0 aliphatic heterocycles. The third-order valence-electron chi connectivity index (χ3n) is 1.97. The number of aromatic nitrogens is 3. The van der Waals surface area contributed by atoms with E-state index in [-0.39, 0.29) is 5.92 Å². The second kappa shape index (κ2) is 3.51. The van der Waals surface area contributed by atoms with E-state index in [1.807, 2.05) is 20.0 Å². The van der Waals surface area contributed by atoms with Crippen LogP contribution in [0.5, 0.6) is 0 Å². The van der Waals surface area contributed by atoms with Gasteiger partial charge in [-0.05, 0) is 15.9 Å². The van der Waals surface area contributed by atoms with Crippen LogP contribution in [-0.4, -0.2) is 15.0 Å². The fourth-order valence-electron chi connectivity index (χ4n) is 1.23. The predicted molar refractivity (Wildman–Crippen MR) is 60.7 cm³/mol. The maximum absolute atomic E-state index is 6.05. The Morgan fingerprint density at radius 3 is 2.79 bits per heavy atom. The van der Waals surface area contributed by atoms with Crippen molar-refractivity contribution >= 4 is 38.6 Å². The molecule has 1 N–H and O–H groups in total. The van der Waals surface area contributed by atoms with E-state index >= 15 is 0 Å². The molecule has 2 aromatic rings. The molecule has 0 saturated carbocycles. The maximum Gasteiger partial charge on any atom is 0.143 e. The Kier molecular flexibility index (Phi) is 2.49. The minimum absolute atomic E-state index is 0.277. The SMILES string of the molecule is CC(C)c1nc(Cl)c2c(Br)c[nH]c2n1. The lowest BCUT2D eigenvalue weighted by molar-refractivity contribution is 0.781.